The molecule has 0 aliphatic rings. The van der Waals surface area contributed by atoms with Crippen molar-refractivity contribution >= 4 is 10.8 Å². The van der Waals surface area contributed by atoms with Gasteiger partial charge in [-0.15, -0.1) is 0 Å². The van der Waals surface area contributed by atoms with Gasteiger partial charge in [-0.3, -0.25) is 10.1 Å². The highest BCUT2D eigenvalue weighted by Gasteiger charge is 2.17. The lowest BCUT2D eigenvalue weighted by Gasteiger charge is -2.14. The molecule has 0 heterocycles. The van der Waals surface area contributed by atoms with Gasteiger partial charge in [0.05, 0.1) is 7.11 Å². The number of rotatable bonds is 5. The maximum absolute atomic E-state index is 10.6. The maximum atomic E-state index is 10.6. The third-order valence-corrected chi connectivity index (χ3v) is 2.77. The summed E-state index contributed by atoms with van der Waals surface area (Å²) in [6, 6.07) is 13.2. The number of hydroxylamine groups is 1. The van der Waals surface area contributed by atoms with E-state index >= 15 is 0 Å². The molecule has 5 heteroatoms. The largest absolute Gasteiger partial charge is 0.304 e. The third kappa shape index (κ3) is 2.82. The lowest BCUT2D eigenvalue weighted by molar-refractivity contribution is -0.486. The minimum Gasteiger partial charge on any atom is -0.304 e. The Labute approximate surface area is 104 Å². The van der Waals surface area contributed by atoms with E-state index in [9.17, 15) is 10.1 Å². The normalized spacial score (nSPS) is 12.5. The van der Waals surface area contributed by atoms with Crippen LogP contribution in [0.1, 0.15) is 11.6 Å². The maximum Gasteiger partial charge on any atom is 0.225 e. The van der Waals surface area contributed by atoms with Crippen molar-refractivity contribution in [2.24, 2.45) is 0 Å². The fraction of sp³-hybridized carbons (Fsp3) is 0.231. The lowest BCUT2D eigenvalue weighted by atomic mass is 10.0. The Morgan fingerprint density at radius 2 is 2.00 bits per heavy atom. The van der Waals surface area contributed by atoms with E-state index in [1.807, 2.05) is 42.5 Å². The summed E-state index contributed by atoms with van der Waals surface area (Å²) in [5.41, 5.74) is 3.49. The van der Waals surface area contributed by atoms with E-state index in [1.54, 1.807) is 0 Å². The SMILES string of the molecule is CON[C@@H](C[N+](=O)[O-])c1ccc2ccccc2c1. The highest BCUT2D eigenvalue weighted by molar-refractivity contribution is 5.83. The number of hydrogen-bond acceptors (Lipinski definition) is 4. The highest BCUT2D eigenvalue weighted by Crippen LogP contribution is 2.20. The highest BCUT2D eigenvalue weighted by atomic mass is 16.6. The number of nitro groups is 1. The Morgan fingerprint density at radius 1 is 1.28 bits per heavy atom. The molecule has 0 aromatic heterocycles. The van der Waals surface area contributed by atoms with Crippen molar-refractivity contribution in [1.82, 2.24) is 5.48 Å². The Kier molecular flexibility index (Phi) is 3.86. The lowest BCUT2D eigenvalue weighted by Crippen LogP contribution is -2.26. The molecule has 2 aromatic rings. The minimum absolute atomic E-state index is 0.216. The Morgan fingerprint density at radius 3 is 2.67 bits per heavy atom. The molecule has 0 fully saturated rings. The van der Waals surface area contributed by atoms with Crippen LogP contribution < -0.4 is 5.48 Å². The molecule has 0 amide bonds. The molecule has 5 nitrogen and oxygen atoms in total. The van der Waals surface area contributed by atoms with Crippen LogP contribution >= 0.6 is 0 Å². The molecule has 0 saturated carbocycles. The smallest absolute Gasteiger partial charge is 0.225 e. The van der Waals surface area contributed by atoms with Gasteiger partial charge < -0.3 is 4.84 Å². The third-order valence-electron chi connectivity index (χ3n) is 2.77. The summed E-state index contributed by atoms with van der Waals surface area (Å²) < 4.78 is 0. The molecule has 0 radical (unpaired) electrons. The Bertz CT molecular complexity index is 557. The van der Waals surface area contributed by atoms with Crippen molar-refractivity contribution in [1.29, 1.82) is 0 Å². The predicted molar refractivity (Wildman–Crippen MR) is 68.7 cm³/mol. The van der Waals surface area contributed by atoms with E-state index in [-0.39, 0.29) is 11.5 Å². The van der Waals surface area contributed by atoms with E-state index in [1.165, 1.54) is 7.11 Å². The van der Waals surface area contributed by atoms with Crippen LogP contribution in [0.5, 0.6) is 0 Å². The average Bonchev–Trinajstić information content (AvgIpc) is 2.37. The van der Waals surface area contributed by atoms with E-state index in [0.717, 1.165) is 16.3 Å². The minimum atomic E-state index is -0.449. The van der Waals surface area contributed by atoms with Crippen molar-refractivity contribution in [3.05, 3.63) is 58.1 Å². The van der Waals surface area contributed by atoms with Crippen LogP contribution in [0.4, 0.5) is 0 Å². The zero-order valence-corrected chi connectivity index (χ0v) is 10.00. The molecule has 0 bridgehead atoms. The number of hydrogen-bond donors (Lipinski definition) is 1. The van der Waals surface area contributed by atoms with Crippen LogP contribution in [0, 0.1) is 10.1 Å². The Hall–Kier alpha value is -1.98. The van der Waals surface area contributed by atoms with Crippen LogP contribution in [-0.2, 0) is 4.84 Å². The van der Waals surface area contributed by atoms with Crippen molar-refractivity contribution in [3.63, 3.8) is 0 Å². The van der Waals surface area contributed by atoms with Gasteiger partial charge in [0.2, 0.25) is 6.54 Å². The number of fused-ring (bicyclic) bond motifs is 1. The first kappa shape index (κ1) is 12.5. The van der Waals surface area contributed by atoms with Crippen LogP contribution in [0.25, 0.3) is 10.8 Å². The van der Waals surface area contributed by atoms with E-state index in [2.05, 4.69) is 5.48 Å². The molecule has 2 rings (SSSR count). The molecule has 1 N–H and O–H groups in total. The zero-order valence-electron chi connectivity index (χ0n) is 10.00. The summed E-state index contributed by atoms with van der Waals surface area (Å²) in [6.07, 6.45) is 0. The average molecular weight is 246 g/mol. The van der Waals surface area contributed by atoms with Crippen LogP contribution in [0.15, 0.2) is 42.5 Å². The van der Waals surface area contributed by atoms with Crippen molar-refractivity contribution in [2.75, 3.05) is 13.7 Å². The van der Waals surface area contributed by atoms with Gasteiger partial charge in [0.15, 0.2) is 0 Å². The quantitative estimate of drug-likeness (QED) is 0.649. The van der Waals surface area contributed by atoms with Gasteiger partial charge in [0.1, 0.15) is 6.04 Å². The zero-order chi connectivity index (χ0) is 13.0. The first-order valence-electron chi connectivity index (χ1n) is 5.59. The van der Waals surface area contributed by atoms with Crippen LogP contribution in [-0.4, -0.2) is 18.6 Å². The topological polar surface area (TPSA) is 64.4 Å². The molecule has 94 valence electrons. The molecule has 18 heavy (non-hydrogen) atoms. The van der Waals surface area contributed by atoms with Gasteiger partial charge in [-0.25, -0.2) is 0 Å². The molecule has 0 aliphatic heterocycles. The second-order valence-electron chi connectivity index (χ2n) is 4.00. The number of nitrogens with one attached hydrogen (secondary N) is 1. The molecule has 1 atom stereocenters. The van der Waals surface area contributed by atoms with Gasteiger partial charge in [-0.05, 0) is 22.4 Å². The molecule has 0 saturated heterocycles. The molecule has 0 unspecified atom stereocenters. The summed E-state index contributed by atoms with van der Waals surface area (Å²) in [6.45, 7) is -0.216. The molecule has 2 aromatic carbocycles. The molecule has 0 spiro atoms. The predicted octanol–water partition coefficient (Wildman–Crippen LogP) is 2.31. The second kappa shape index (κ2) is 5.57. The second-order valence-corrected chi connectivity index (χ2v) is 4.00. The molecular formula is C13H14N2O3. The Balaban J connectivity index is 2.34. The van der Waals surface area contributed by atoms with Gasteiger partial charge in [-0.2, -0.15) is 5.48 Å². The van der Waals surface area contributed by atoms with Gasteiger partial charge in [-0.1, -0.05) is 36.4 Å². The number of nitrogens with zero attached hydrogens (tertiary/aromatic N) is 1. The number of benzene rings is 2. The van der Waals surface area contributed by atoms with Crippen molar-refractivity contribution in [3.8, 4) is 0 Å². The fourth-order valence-corrected chi connectivity index (χ4v) is 1.93. The molecule has 0 aliphatic carbocycles. The van der Waals surface area contributed by atoms with Gasteiger partial charge >= 0.3 is 0 Å². The summed E-state index contributed by atoms with van der Waals surface area (Å²) in [5.74, 6) is 0. The van der Waals surface area contributed by atoms with Crippen LogP contribution in [0.3, 0.4) is 0 Å². The fourth-order valence-electron chi connectivity index (χ4n) is 1.93. The monoisotopic (exact) mass is 246 g/mol. The molecular weight excluding hydrogens is 232 g/mol. The van der Waals surface area contributed by atoms with Crippen molar-refractivity contribution in [2.45, 2.75) is 6.04 Å². The summed E-state index contributed by atoms with van der Waals surface area (Å²) in [7, 11) is 1.45. The summed E-state index contributed by atoms with van der Waals surface area (Å²) in [4.78, 5) is 15.1. The van der Waals surface area contributed by atoms with Crippen LogP contribution in [0.2, 0.25) is 0 Å². The summed E-state index contributed by atoms with van der Waals surface area (Å²) >= 11 is 0. The van der Waals surface area contributed by atoms with E-state index in [4.69, 9.17) is 4.84 Å². The summed E-state index contributed by atoms with van der Waals surface area (Å²) in [5, 5.41) is 12.8. The standard InChI is InChI=1S/C13H14N2O3/c1-18-14-13(9-15(16)17)12-7-6-10-4-2-3-5-11(10)8-12/h2-8,13-14H,9H2,1H3/t13-/m0/s1. The van der Waals surface area contributed by atoms with Gasteiger partial charge in [0, 0.05) is 4.92 Å². The van der Waals surface area contributed by atoms with Gasteiger partial charge in [0.25, 0.3) is 0 Å². The van der Waals surface area contributed by atoms with Crippen molar-refractivity contribution < 1.29 is 9.76 Å². The van der Waals surface area contributed by atoms with E-state index in [0.29, 0.717) is 0 Å². The van der Waals surface area contributed by atoms with E-state index < -0.39 is 6.04 Å². The first-order chi connectivity index (χ1) is 8.70. The first-order valence-corrected chi connectivity index (χ1v) is 5.59.